The highest BCUT2D eigenvalue weighted by Crippen LogP contribution is 2.19. The molecule has 20 heavy (non-hydrogen) atoms. The van der Waals surface area contributed by atoms with Crippen LogP contribution in [0.3, 0.4) is 0 Å². The molecule has 0 heterocycles. The lowest BCUT2D eigenvalue weighted by atomic mass is 10.2. The summed E-state index contributed by atoms with van der Waals surface area (Å²) in [5.41, 5.74) is 0.952. The van der Waals surface area contributed by atoms with E-state index in [4.69, 9.17) is 16.9 Å². The van der Waals surface area contributed by atoms with E-state index in [2.05, 4.69) is 29.4 Å². The van der Waals surface area contributed by atoms with Gasteiger partial charge in [0.25, 0.3) is 0 Å². The van der Waals surface area contributed by atoms with Gasteiger partial charge in [-0.1, -0.05) is 25.4 Å². The number of carbonyl (C=O) groups is 1. The number of halogens is 1. The van der Waals surface area contributed by atoms with Gasteiger partial charge in [0.05, 0.1) is 10.6 Å². The van der Waals surface area contributed by atoms with E-state index >= 15 is 0 Å². The molecule has 0 aliphatic rings. The molecule has 5 nitrogen and oxygen atoms in total. The second kappa shape index (κ2) is 8.41. The van der Waals surface area contributed by atoms with Crippen molar-refractivity contribution in [2.45, 2.75) is 13.8 Å². The smallest absolute Gasteiger partial charge is 0.319 e. The fourth-order valence-electron chi connectivity index (χ4n) is 1.73. The molecule has 1 aromatic rings. The first-order valence-corrected chi connectivity index (χ1v) is 6.95. The minimum atomic E-state index is -0.280. The maximum atomic E-state index is 11.7. The molecular formula is C14H19ClN4O. The summed E-state index contributed by atoms with van der Waals surface area (Å²) in [4.78, 5) is 13.9. The molecule has 2 amide bonds. The summed E-state index contributed by atoms with van der Waals surface area (Å²) < 4.78 is 0. The van der Waals surface area contributed by atoms with Crippen molar-refractivity contribution in [2.75, 3.05) is 31.5 Å². The standard InChI is InChI=1S/C14H19ClN4O/c1-3-19(4-2)8-7-17-14(20)18-12-6-5-11(10-16)13(15)9-12/h5-6,9H,3-4,7-8H2,1-2H3,(H2,17,18,20). The van der Waals surface area contributed by atoms with Gasteiger partial charge in [-0.25, -0.2) is 4.79 Å². The number of nitrogens with zero attached hydrogens (tertiary/aromatic N) is 2. The Morgan fingerprint density at radius 1 is 1.40 bits per heavy atom. The minimum absolute atomic E-state index is 0.280. The number of likely N-dealkylation sites (N-methyl/N-ethyl adjacent to an activating group) is 1. The monoisotopic (exact) mass is 294 g/mol. The van der Waals surface area contributed by atoms with Crippen LogP contribution in [-0.2, 0) is 0 Å². The molecule has 0 unspecified atom stereocenters. The largest absolute Gasteiger partial charge is 0.337 e. The Morgan fingerprint density at radius 2 is 2.10 bits per heavy atom. The lowest BCUT2D eigenvalue weighted by molar-refractivity contribution is 0.248. The Balaban J connectivity index is 2.43. The van der Waals surface area contributed by atoms with Gasteiger partial charge in [-0.3, -0.25) is 0 Å². The molecule has 0 aromatic heterocycles. The molecule has 108 valence electrons. The van der Waals surface area contributed by atoms with Crippen molar-refractivity contribution in [3.8, 4) is 6.07 Å². The first kappa shape index (κ1) is 16.3. The van der Waals surface area contributed by atoms with Crippen molar-refractivity contribution < 1.29 is 4.79 Å². The van der Waals surface area contributed by atoms with E-state index in [9.17, 15) is 4.79 Å². The van der Waals surface area contributed by atoms with Gasteiger partial charge in [0.15, 0.2) is 0 Å². The molecule has 6 heteroatoms. The fourth-order valence-corrected chi connectivity index (χ4v) is 1.95. The van der Waals surface area contributed by atoms with E-state index in [1.807, 2.05) is 6.07 Å². The SMILES string of the molecule is CCN(CC)CCNC(=O)Nc1ccc(C#N)c(Cl)c1. The Morgan fingerprint density at radius 3 is 2.65 bits per heavy atom. The Kier molecular flexibility index (Phi) is 6.85. The average molecular weight is 295 g/mol. The van der Waals surface area contributed by atoms with Crippen LogP contribution in [0, 0.1) is 11.3 Å². The van der Waals surface area contributed by atoms with Crippen LogP contribution < -0.4 is 10.6 Å². The number of amides is 2. The summed E-state index contributed by atoms with van der Waals surface area (Å²) in [5.74, 6) is 0. The molecule has 0 spiro atoms. The summed E-state index contributed by atoms with van der Waals surface area (Å²) >= 11 is 5.90. The second-order valence-electron chi connectivity index (χ2n) is 4.21. The van der Waals surface area contributed by atoms with Gasteiger partial charge < -0.3 is 15.5 Å². The summed E-state index contributed by atoms with van der Waals surface area (Å²) in [6.07, 6.45) is 0. The second-order valence-corrected chi connectivity index (χ2v) is 4.62. The fraction of sp³-hybridized carbons (Fsp3) is 0.429. The van der Waals surface area contributed by atoms with E-state index in [1.54, 1.807) is 18.2 Å². The number of urea groups is 1. The van der Waals surface area contributed by atoms with Gasteiger partial charge >= 0.3 is 6.03 Å². The van der Waals surface area contributed by atoms with Crippen LogP contribution in [0.25, 0.3) is 0 Å². The summed E-state index contributed by atoms with van der Waals surface area (Å²) in [7, 11) is 0. The van der Waals surface area contributed by atoms with E-state index in [0.29, 0.717) is 22.8 Å². The maximum Gasteiger partial charge on any atom is 0.319 e. The Hall–Kier alpha value is -1.77. The van der Waals surface area contributed by atoms with Crippen molar-refractivity contribution in [3.63, 3.8) is 0 Å². The number of nitriles is 1. The summed E-state index contributed by atoms with van der Waals surface area (Å²) in [6.45, 7) is 7.49. The number of anilines is 1. The molecule has 1 aromatic carbocycles. The zero-order valence-electron chi connectivity index (χ0n) is 11.7. The molecule has 0 fully saturated rings. The van der Waals surface area contributed by atoms with Crippen molar-refractivity contribution in [2.24, 2.45) is 0 Å². The predicted molar refractivity (Wildman–Crippen MR) is 81.0 cm³/mol. The van der Waals surface area contributed by atoms with Crippen LogP contribution in [0.1, 0.15) is 19.4 Å². The quantitative estimate of drug-likeness (QED) is 0.847. The maximum absolute atomic E-state index is 11.7. The molecule has 2 N–H and O–H groups in total. The molecule has 0 atom stereocenters. The van der Waals surface area contributed by atoms with Crippen LogP contribution in [0.4, 0.5) is 10.5 Å². The molecule has 0 aliphatic heterocycles. The van der Waals surface area contributed by atoms with Crippen LogP contribution >= 0.6 is 11.6 Å². The molecule has 0 saturated carbocycles. The normalized spacial score (nSPS) is 10.2. The number of hydrogen-bond donors (Lipinski definition) is 2. The lowest BCUT2D eigenvalue weighted by Gasteiger charge is -2.18. The van der Waals surface area contributed by atoms with E-state index in [1.165, 1.54) is 0 Å². The van der Waals surface area contributed by atoms with Crippen LogP contribution in [0.15, 0.2) is 18.2 Å². The molecule has 0 bridgehead atoms. The highest BCUT2D eigenvalue weighted by Gasteiger charge is 2.05. The third kappa shape index (κ3) is 5.08. The number of rotatable bonds is 6. The highest BCUT2D eigenvalue weighted by atomic mass is 35.5. The number of nitrogens with one attached hydrogen (secondary N) is 2. The number of benzene rings is 1. The van der Waals surface area contributed by atoms with Gasteiger partial charge in [-0.2, -0.15) is 5.26 Å². The summed E-state index contributed by atoms with van der Waals surface area (Å²) in [5, 5.41) is 14.6. The van der Waals surface area contributed by atoms with E-state index < -0.39 is 0 Å². The predicted octanol–water partition coefficient (Wildman–Crippen LogP) is 2.67. The highest BCUT2D eigenvalue weighted by molar-refractivity contribution is 6.32. The third-order valence-electron chi connectivity index (χ3n) is 2.96. The topological polar surface area (TPSA) is 68.2 Å². The zero-order valence-corrected chi connectivity index (χ0v) is 12.5. The number of carbonyl (C=O) groups excluding carboxylic acids is 1. The van der Waals surface area contributed by atoms with E-state index in [0.717, 1.165) is 19.6 Å². The van der Waals surface area contributed by atoms with Crippen LogP contribution in [-0.4, -0.2) is 37.1 Å². The first-order valence-electron chi connectivity index (χ1n) is 6.57. The average Bonchev–Trinajstić information content (AvgIpc) is 2.44. The zero-order chi connectivity index (χ0) is 15.0. The Bertz CT molecular complexity index is 494. The molecule has 0 saturated heterocycles. The molecule has 1 rings (SSSR count). The van der Waals surface area contributed by atoms with Crippen molar-refractivity contribution in [3.05, 3.63) is 28.8 Å². The van der Waals surface area contributed by atoms with E-state index in [-0.39, 0.29) is 6.03 Å². The third-order valence-corrected chi connectivity index (χ3v) is 3.27. The van der Waals surface area contributed by atoms with Crippen LogP contribution in [0.5, 0.6) is 0 Å². The molecule has 0 aliphatic carbocycles. The van der Waals surface area contributed by atoms with Gasteiger partial charge in [0.2, 0.25) is 0 Å². The minimum Gasteiger partial charge on any atom is -0.337 e. The van der Waals surface area contributed by atoms with Gasteiger partial charge in [-0.15, -0.1) is 0 Å². The first-order chi connectivity index (χ1) is 9.60. The molecule has 0 radical (unpaired) electrons. The van der Waals surface area contributed by atoms with Crippen molar-refractivity contribution >= 4 is 23.3 Å². The molecular weight excluding hydrogens is 276 g/mol. The van der Waals surface area contributed by atoms with Gasteiger partial charge in [0, 0.05) is 18.8 Å². The van der Waals surface area contributed by atoms with Gasteiger partial charge in [-0.05, 0) is 31.3 Å². The van der Waals surface area contributed by atoms with Crippen molar-refractivity contribution in [1.29, 1.82) is 5.26 Å². The van der Waals surface area contributed by atoms with Crippen LogP contribution in [0.2, 0.25) is 5.02 Å². The summed E-state index contributed by atoms with van der Waals surface area (Å²) in [6, 6.07) is 6.47. The van der Waals surface area contributed by atoms with Crippen molar-refractivity contribution in [1.82, 2.24) is 10.2 Å². The lowest BCUT2D eigenvalue weighted by Crippen LogP contribution is -2.36. The van der Waals surface area contributed by atoms with Gasteiger partial charge in [0.1, 0.15) is 6.07 Å². The Labute approximate surface area is 124 Å². The number of hydrogen-bond acceptors (Lipinski definition) is 3.